The molecule has 0 fully saturated rings. The highest BCUT2D eigenvalue weighted by atomic mass is 35.5. The summed E-state index contributed by atoms with van der Waals surface area (Å²) >= 11 is 6.48. The van der Waals surface area contributed by atoms with Crippen LogP contribution in [0.2, 0.25) is 5.15 Å². The third-order valence-electron chi connectivity index (χ3n) is 5.01. The number of benzene rings is 2. The summed E-state index contributed by atoms with van der Waals surface area (Å²) < 4.78 is 28.7. The van der Waals surface area contributed by atoms with Crippen molar-refractivity contribution in [3.63, 3.8) is 0 Å². The first kappa shape index (κ1) is 24.7. The van der Waals surface area contributed by atoms with Gasteiger partial charge in [0, 0.05) is 24.7 Å². The molecule has 3 aromatic rings. The van der Waals surface area contributed by atoms with E-state index in [1.807, 2.05) is 45.0 Å². The molecule has 2 aromatic carbocycles. The predicted molar refractivity (Wildman–Crippen MR) is 131 cm³/mol. The van der Waals surface area contributed by atoms with Crippen LogP contribution in [0, 0.1) is 20.8 Å². The maximum atomic E-state index is 12.3. The third kappa shape index (κ3) is 6.77. The number of hydrogen-bond donors (Lipinski definition) is 2. The fourth-order valence-corrected chi connectivity index (χ4v) is 4.45. The average molecular weight is 487 g/mol. The molecule has 0 aliphatic carbocycles. The second kappa shape index (κ2) is 10.8. The minimum atomic E-state index is -3.61. The molecule has 0 aliphatic rings. The summed E-state index contributed by atoms with van der Waals surface area (Å²) in [6.45, 7) is 6.49. The number of carbonyl (C=O) groups excluding carboxylic acids is 1. The van der Waals surface area contributed by atoms with Gasteiger partial charge >= 0.3 is 0 Å². The summed E-state index contributed by atoms with van der Waals surface area (Å²) in [5.41, 5.74) is 4.61. The van der Waals surface area contributed by atoms with Gasteiger partial charge in [-0.05, 0) is 44.5 Å². The Labute approximate surface area is 199 Å². The number of nitrogens with one attached hydrogen (secondary N) is 2. The number of amides is 1. The Balaban J connectivity index is 1.52. The summed E-state index contributed by atoms with van der Waals surface area (Å²) in [7, 11) is -3.61. The highest BCUT2D eigenvalue weighted by Crippen LogP contribution is 2.22. The zero-order chi connectivity index (χ0) is 24.0. The Bertz CT molecular complexity index is 1250. The topological polar surface area (TPSA) is 93.1 Å². The van der Waals surface area contributed by atoms with Gasteiger partial charge < -0.3 is 5.32 Å². The standard InChI is InChI=1S/C24H27ClN4O3S/c1-17-4-8-20(9-5-17)16-29-24(25)22(19(3)28-29)12-13-23(30)26-14-15-27-33(31,32)21-10-6-18(2)7-11-21/h4-13,27H,14-16H2,1-3H3,(H,26,30)/b13-12+. The molecule has 2 N–H and O–H groups in total. The van der Waals surface area contributed by atoms with Crippen molar-refractivity contribution in [1.29, 1.82) is 0 Å². The molecule has 0 atom stereocenters. The van der Waals surface area contributed by atoms with Gasteiger partial charge in [0.05, 0.1) is 17.1 Å². The van der Waals surface area contributed by atoms with Crippen molar-refractivity contribution >= 4 is 33.6 Å². The van der Waals surface area contributed by atoms with Crippen molar-refractivity contribution in [2.24, 2.45) is 0 Å². The normalized spacial score (nSPS) is 11.8. The summed E-state index contributed by atoms with van der Waals surface area (Å²) in [6, 6.07) is 14.7. The first-order valence-corrected chi connectivity index (χ1v) is 12.3. The Hall–Kier alpha value is -2.94. The van der Waals surface area contributed by atoms with Crippen molar-refractivity contribution < 1.29 is 13.2 Å². The van der Waals surface area contributed by atoms with Crippen molar-refractivity contribution in [2.45, 2.75) is 32.2 Å². The molecule has 0 radical (unpaired) electrons. The van der Waals surface area contributed by atoms with E-state index < -0.39 is 10.0 Å². The van der Waals surface area contributed by atoms with Crippen molar-refractivity contribution in [2.75, 3.05) is 13.1 Å². The number of carbonyl (C=O) groups is 1. The van der Waals surface area contributed by atoms with Crippen LogP contribution >= 0.6 is 11.6 Å². The number of aromatic nitrogens is 2. The van der Waals surface area contributed by atoms with E-state index in [-0.39, 0.29) is 23.9 Å². The minimum Gasteiger partial charge on any atom is -0.351 e. The maximum Gasteiger partial charge on any atom is 0.244 e. The molecule has 9 heteroatoms. The maximum absolute atomic E-state index is 12.3. The Morgan fingerprint density at radius 1 is 1.00 bits per heavy atom. The lowest BCUT2D eigenvalue weighted by atomic mass is 10.1. The molecule has 0 unspecified atom stereocenters. The lowest BCUT2D eigenvalue weighted by Gasteiger charge is -2.07. The zero-order valence-corrected chi connectivity index (χ0v) is 20.4. The first-order valence-electron chi connectivity index (χ1n) is 10.5. The van der Waals surface area contributed by atoms with Gasteiger partial charge in [0.15, 0.2) is 0 Å². The molecule has 1 heterocycles. The van der Waals surface area contributed by atoms with Gasteiger partial charge in [-0.15, -0.1) is 0 Å². The monoisotopic (exact) mass is 486 g/mol. The number of rotatable bonds is 9. The molecule has 33 heavy (non-hydrogen) atoms. The van der Waals surface area contributed by atoms with Gasteiger partial charge in [0.2, 0.25) is 15.9 Å². The minimum absolute atomic E-state index is 0.0735. The summed E-state index contributed by atoms with van der Waals surface area (Å²) in [6.07, 6.45) is 2.97. The predicted octanol–water partition coefficient (Wildman–Crippen LogP) is 3.62. The zero-order valence-electron chi connectivity index (χ0n) is 18.8. The van der Waals surface area contributed by atoms with Crippen molar-refractivity contribution in [3.8, 4) is 0 Å². The highest BCUT2D eigenvalue weighted by molar-refractivity contribution is 7.89. The molecule has 0 bridgehead atoms. The van der Waals surface area contributed by atoms with Gasteiger partial charge in [-0.1, -0.05) is 59.1 Å². The number of halogens is 1. The number of aryl methyl sites for hydroxylation is 3. The number of nitrogens with zero attached hydrogens (tertiary/aromatic N) is 2. The van der Waals surface area contributed by atoms with Gasteiger partial charge in [-0.2, -0.15) is 5.10 Å². The Morgan fingerprint density at radius 3 is 2.24 bits per heavy atom. The van der Waals surface area contributed by atoms with Crippen LogP contribution in [0.15, 0.2) is 59.5 Å². The number of hydrogen-bond acceptors (Lipinski definition) is 4. The van der Waals surface area contributed by atoms with Crippen LogP contribution in [0.4, 0.5) is 0 Å². The van der Waals surface area contributed by atoms with Gasteiger partial charge in [-0.3, -0.25) is 4.79 Å². The lowest BCUT2D eigenvalue weighted by Crippen LogP contribution is -2.34. The van der Waals surface area contributed by atoms with E-state index in [1.165, 1.54) is 11.6 Å². The van der Waals surface area contributed by atoms with E-state index in [0.717, 1.165) is 11.1 Å². The second-order valence-electron chi connectivity index (χ2n) is 7.77. The lowest BCUT2D eigenvalue weighted by molar-refractivity contribution is -0.116. The summed E-state index contributed by atoms with van der Waals surface area (Å²) in [5.74, 6) is -0.355. The first-order chi connectivity index (χ1) is 15.7. The third-order valence-corrected chi connectivity index (χ3v) is 6.89. The molecule has 0 saturated carbocycles. The van der Waals surface area contributed by atoms with Crippen molar-refractivity contribution in [3.05, 3.63) is 87.7 Å². The Morgan fingerprint density at radius 2 is 1.61 bits per heavy atom. The molecule has 3 rings (SSSR count). The van der Waals surface area contributed by atoms with Crippen molar-refractivity contribution in [1.82, 2.24) is 19.8 Å². The molecular formula is C24H27ClN4O3S. The van der Waals surface area contributed by atoms with E-state index in [9.17, 15) is 13.2 Å². The summed E-state index contributed by atoms with van der Waals surface area (Å²) in [4.78, 5) is 12.3. The van der Waals surface area contributed by atoms with Gasteiger partial charge in [0.25, 0.3) is 0 Å². The average Bonchev–Trinajstić information content (AvgIpc) is 3.04. The van der Waals surface area contributed by atoms with Gasteiger partial charge in [0.1, 0.15) is 5.15 Å². The van der Waals surface area contributed by atoms with E-state index in [1.54, 1.807) is 35.0 Å². The van der Waals surface area contributed by atoms with Crippen LogP contribution < -0.4 is 10.0 Å². The molecule has 0 spiro atoms. The number of sulfonamides is 1. The highest BCUT2D eigenvalue weighted by Gasteiger charge is 2.13. The van der Waals surface area contributed by atoms with E-state index in [4.69, 9.17) is 11.6 Å². The molecule has 0 saturated heterocycles. The molecule has 174 valence electrons. The van der Waals surface area contributed by atoms with Crippen LogP contribution in [0.1, 0.15) is 27.9 Å². The molecule has 1 aromatic heterocycles. The van der Waals surface area contributed by atoms with Crippen LogP contribution in [-0.4, -0.2) is 37.2 Å². The van der Waals surface area contributed by atoms with E-state index in [0.29, 0.717) is 23.0 Å². The van der Waals surface area contributed by atoms with Gasteiger partial charge in [-0.25, -0.2) is 17.8 Å². The quantitative estimate of drug-likeness (QED) is 0.357. The molecular weight excluding hydrogens is 460 g/mol. The second-order valence-corrected chi connectivity index (χ2v) is 9.89. The summed E-state index contributed by atoms with van der Waals surface area (Å²) in [5, 5.41) is 7.57. The Kier molecular flexibility index (Phi) is 8.07. The smallest absolute Gasteiger partial charge is 0.244 e. The molecule has 1 amide bonds. The largest absolute Gasteiger partial charge is 0.351 e. The fraction of sp³-hybridized carbons (Fsp3) is 0.250. The van der Waals surface area contributed by atoms with E-state index >= 15 is 0 Å². The van der Waals surface area contributed by atoms with Crippen LogP contribution in [-0.2, 0) is 21.4 Å². The fourth-order valence-electron chi connectivity index (χ4n) is 3.12. The van der Waals surface area contributed by atoms with E-state index in [2.05, 4.69) is 15.1 Å². The van der Waals surface area contributed by atoms with Crippen LogP contribution in [0.3, 0.4) is 0 Å². The molecule has 7 nitrogen and oxygen atoms in total. The van der Waals surface area contributed by atoms with Crippen LogP contribution in [0.25, 0.3) is 6.08 Å². The SMILES string of the molecule is Cc1ccc(Cn2nc(C)c(/C=C/C(=O)NCCNS(=O)(=O)c3ccc(C)cc3)c2Cl)cc1. The molecule has 0 aliphatic heterocycles. The van der Waals surface area contributed by atoms with Crippen LogP contribution in [0.5, 0.6) is 0 Å².